The highest BCUT2D eigenvalue weighted by molar-refractivity contribution is 7.99. The Balaban J connectivity index is 2.12. The maximum absolute atomic E-state index is 7.34. The molecule has 1 heterocycles. The Kier molecular flexibility index (Phi) is 3.76. The lowest BCUT2D eigenvalue weighted by Gasteiger charge is -2.06. The highest BCUT2D eigenvalue weighted by Gasteiger charge is 2.09. The first kappa shape index (κ1) is 12.8. The molecule has 2 aromatic rings. The van der Waals surface area contributed by atoms with Gasteiger partial charge in [0.25, 0.3) is 0 Å². The predicted molar refractivity (Wildman–Crippen MR) is 74.4 cm³/mol. The Bertz CT molecular complexity index is 566. The Labute approximate surface area is 110 Å². The Morgan fingerprint density at radius 3 is 3.06 bits per heavy atom. The van der Waals surface area contributed by atoms with Gasteiger partial charge in [0.15, 0.2) is 5.16 Å². The van der Waals surface area contributed by atoms with E-state index in [-0.39, 0.29) is 11.8 Å². The van der Waals surface area contributed by atoms with Crippen molar-refractivity contribution in [1.82, 2.24) is 9.97 Å². The number of aromatic amines is 1. The number of aromatic nitrogens is 2. The topological polar surface area (TPSA) is 87.8 Å². The molecule has 4 N–H and O–H groups in total. The minimum atomic E-state index is 0.0535. The minimum Gasteiger partial charge on any atom is -0.497 e. The summed E-state index contributed by atoms with van der Waals surface area (Å²) in [5, 5.41) is 8.18. The molecule has 0 spiro atoms. The number of imidazole rings is 1. The van der Waals surface area contributed by atoms with Gasteiger partial charge in [-0.2, -0.15) is 0 Å². The normalized spacial score (nSPS) is 12.6. The van der Waals surface area contributed by atoms with Gasteiger partial charge in [-0.3, -0.25) is 5.41 Å². The molecule has 0 saturated carbocycles. The van der Waals surface area contributed by atoms with E-state index in [9.17, 15) is 0 Å². The van der Waals surface area contributed by atoms with Gasteiger partial charge in [0.05, 0.1) is 24.0 Å². The van der Waals surface area contributed by atoms with E-state index in [2.05, 4.69) is 9.97 Å². The van der Waals surface area contributed by atoms with Gasteiger partial charge in [-0.1, -0.05) is 18.7 Å². The zero-order valence-electron chi connectivity index (χ0n) is 10.4. The quantitative estimate of drug-likeness (QED) is 0.439. The number of rotatable bonds is 5. The summed E-state index contributed by atoms with van der Waals surface area (Å²) < 4.78 is 5.16. The van der Waals surface area contributed by atoms with E-state index in [4.69, 9.17) is 15.9 Å². The van der Waals surface area contributed by atoms with Gasteiger partial charge >= 0.3 is 0 Å². The van der Waals surface area contributed by atoms with Crippen LogP contribution in [0.25, 0.3) is 11.0 Å². The van der Waals surface area contributed by atoms with Gasteiger partial charge in [-0.15, -0.1) is 0 Å². The molecule has 0 amide bonds. The zero-order valence-corrected chi connectivity index (χ0v) is 11.2. The third-order valence-corrected chi connectivity index (χ3v) is 3.80. The van der Waals surface area contributed by atoms with Crippen LogP contribution in [-0.2, 0) is 0 Å². The second-order valence-corrected chi connectivity index (χ2v) is 5.10. The third-order valence-electron chi connectivity index (χ3n) is 2.67. The molecule has 96 valence electrons. The molecule has 0 aliphatic carbocycles. The average molecular weight is 264 g/mol. The monoisotopic (exact) mass is 264 g/mol. The molecular weight excluding hydrogens is 248 g/mol. The minimum absolute atomic E-state index is 0.0535. The van der Waals surface area contributed by atoms with Crippen LogP contribution in [0.2, 0.25) is 0 Å². The van der Waals surface area contributed by atoms with Gasteiger partial charge < -0.3 is 15.5 Å². The molecule has 1 unspecified atom stereocenters. The first-order valence-electron chi connectivity index (χ1n) is 5.60. The van der Waals surface area contributed by atoms with Gasteiger partial charge in [-0.05, 0) is 12.1 Å². The van der Waals surface area contributed by atoms with E-state index in [1.165, 1.54) is 0 Å². The molecule has 0 aliphatic rings. The van der Waals surface area contributed by atoms with Crippen LogP contribution in [0.15, 0.2) is 23.4 Å². The molecule has 1 atom stereocenters. The zero-order chi connectivity index (χ0) is 13.1. The lowest BCUT2D eigenvalue weighted by atomic mass is 10.2. The van der Waals surface area contributed by atoms with Crippen molar-refractivity contribution in [3.8, 4) is 5.75 Å². The number of ether oxygens (including phenoxy) is 1. The van der Waals surface area contributed by atoms with E-state index in [0.717, 1.165) is 27.7 Å². The highest BCUT2D eigenvalue weighted by Crippen LogP contribution is 2.24. The van der Waals surface area contributed by atoms with Crippen LogP contribution >= 0.6 is 11.8 Å². The SMILES string of the molecule is COc1ccc2nc(SCC(C)C(=N)N)[nH]c2c1. The summed E-state index contributed by atoms with van der Waals surface area (Å²) in [6, 6.07) is 5.72. The van der Waals surface area contributed by atoms with E-state index in [1.807, 2.05) is 25.1 Å². The molecule has 5 nitrogen and oxygen atoms in total. The van der Waals surface area contributed by atoms with Gasteiger partial charge in [0, 0.05) is 17.7 Å². The number of H-pyrrole nitrogens is 1. The Morgan fingerprint density at radius 1 is 1.61 bits per heavy atom. The summed E-state index contributed by atoms with van der Waals surface area (Å²) in [5.41, 5.74) is 7.30. The summed E-state index contributed by atoms with van der Waals surface area (Å²) in [7, 11) is 1.64. The van der Waals surface area contributed by atoms with Crippen LogP contribution in [0.5, 0.6) is 5.75 Å². The number of methoxy groups -OCH3 is 1. The molecule has 0 radical (unpaired) electrons. The van der Waals surface area contributed by atoms with E-state index in [0.29, 0.717) is 0 Å². The number of nitrogens with one attached hydrogen (secondary N) is 2. The lowest BCUT2D eigenvalue weighted by molar-refractivity contribution is 0.415. The van der Waals surface area contributed by atoms with Crippen LogP contribution < -0.4 is 10.5 Å². The van der Waals surface area contributed by atoms with Crippen molar-refractivity contribution >= 4 is 28.6 Å². The molecule has 1 aromatic carbocycles. The Morgan fingerprint density at radius 2 is 2.39 bits per heavy atom. The molecule has 1 aromatic heterocycles. The first-order chi connectivity index (χ1) is 8.60. The number of nitrogens with zero attached hydrogens (tertiary/aromatic N) is 1. The molecular formula is C12H16N4OS. The molecule has 2 rings (SSSR count). The van der Waals surface area contributed by atoms with Crippen molar-refractivity contribution in [2.45, 2.75) is 12.1 Å². The van der Waals surface area contributed by atoms with E-state index >= 15 is 0 Å². The number of thioether (sulfide) groups is 1. The van der Waals surface area contributed by atoms with Crippen molar-refractivity contribution in [3.63, 3.8) is 0 Å². The highest BCUT2D eigenvalue weighted by atomic mass is 32.2. The molecule has 18 heavy (non-hydrogen) atoms. The number of hydrogen-bond donors (Lipinski definition) is 3. The fraction of sp³-hybridized carbons (Fsp3) is 0.333. The second kappa shape index (κ2) is 5.30. The van der Waals surface area contributed by atoms with E-state index in [1.54, 1.807) is 18.9 Å². The first-order valence-corrected chi connectivity index (χ1v) is 6.59. The van der Waals surface area contributed by atoms with Crippen molar-refractivity contribution in [2.24, 2.45) is 11.7 Å². The number of benzene rings is 1. The summed E-state index contributed by atoms with van der Waals surface area (Å²) in [6.45, 7) is 1.93. The van der Waals surface area contributed by atoms with Crippen LogP contribution in [0.4, 0.5) is 0 Å². The number of hydrogen-bond acceptors (Lipinski definition) is 4. The predicted octanol–water partition coefficient (Wildman–Crippen LogP) is 2.24. The fourth-order valence-corrected chi connectivity index (χ4v) is 2.39. The van der Waals surface area contributed by atoms with Crippen molar-refractivity contribution in [1.29, 1.82) is 5.41 Å². The van der Waals surface area contributed by atoms with E-state index < -0.39 is 0 Å². The Hall–Kier alpha value is -1.69. The smallest absolute Gasteiger partial charge is 0.166 e. The summed E-state index contributed by atoms with van der Waals surface area (Å²) in [6.07, 6.45) is 0. The van der Waals surface area contributed by atoms with Crippen LogP contribution in [-0.4, -0.2) is 28.7 Å². The molecule has 0 bridgehead atoms. The third kappa shape index (κ3) is 2.76. The standard InChI is InChI=1S/C12H16N4OS/c1-7(11(13)14)6-18-12-15-9-4-3-8(17-2)5-10(9)16-12/h3-5,7H,6H2,1-2H3,(H3,13,14)(H,15,16). The van der Waals surface area contributed by atoms with Crippen LogP contribution in [0.3, 0.4) is 0 Å². The average Bonchev–Trinajstić information content (AvgIpc) is 2.77. The summed E-state index contributed by atoms with van der Waals surface area (Å²) in [5.74, 6) is 1.81. The largest absolute Gasteiger partial charge is 0.497 e. The molecule has 6 heteroatoms. The summed E-state index contributed by atoms with van der Waals surface area (Å²) in [4.78, 5) is 7.69. The van der Waals surface area contributed by atoms with Crippen LogP contribution in [0, 0.1) is 11.3 Å². The number of amidine groups is 1. The molecule has 0 saturated heterocycles. The van der Waals surface area contributed by atoms with Crippen molar-refractivity contribution < 1.29 is 4.74 Å². The number of fused-ring (bicyclic) bond motifs is 1. The summed E-state index contributed by atoms with van der Waals surface area (Å²) >= 11 is 1.57. The second-order valence-electron chi connectivity index (χ2n) is 4.09. The molecule has 0 fully saturated rings. The van der Waals surface area contributed by atoms with Gasteiger partial charge in [0.1, 0.15) is 5.75 Å². The van der Waals surface area contributed by atoms with Crippen molar-refractivity contribution in [2.75, 3.05) is 12.9 Å². The maximum atomic E-state index is 7.34. The lowest BCUT2D eigenvalue weighted by Crippen LogP contribution is -2.21. The van der Waals surface area contributed by atoms with Crippen molar-refractivity contribution in [3.05, 3.63) is 18.2 Å². The van der Waals surface area contributed by atoms with Gasteiger partial charge in [-0.25, -0.2) is 4.98 Å². The van der Waals surface area contributed by atoms with Gasteiger partial charge in [0.2, 0.25) is 0 Å². The molecule has 0 aliphatic heterocycles. The number of nitrogens with two attached hydrogens (primary N) is 1. The van der Waals surface area contributed by atoms with Crippen LogP contribution in [0.1, 0.15) is 6.92 Å². The fourth-order valence-electron chi connectivity index (χ4n) is 1.45. The maximum Gasteiger partial charge on any atom is 0.166 e.